The van der Waals surface area contributed by atoms with Crippen LogP contribution in [0.15, 0.2) is 24.3 Å². The van der Waals surface area contributed by atoms with Gasteiger partial charge in [0.05, 0.1) is 12.0 Å². The van der Waals surface area contributed by atoms with Crippen molar-refractivity contribution in [2.75, 3.05) is 19.7 Å². The van der Waals surface area contributed by atoms with Gasteiger partial charge in [-0.25, -0.2) is 0 Å². The van der Waals surface area contributed by atoms with E-state index in [-0.39, 0.29) is 0 Å². The van der Waals surface area contributed by atoms with Gasteiger partial charge in [0.25, 0.3) is 0 Å². The monoisotopic (exact) mass is 317 g/mol. The van der Waals surface area contributed by atoms with Gasteiger partial charge >= 0.3 is 5.97 Å². The molecule has 2 aliphatic rings. The standard InChI is InChI=1S/C19H27NO3/c1-14(2)12-23-17-8-4-3-6-15(17)10-20-11-16-7-5-9-19(16,13-20)18(21)22/h3-4,6,8,14,16H,5,7,9-13H2,1-2H3,(H,21,22)/t16-,19+/m0/s1. The molecule has 0 radical (unpaired) electrons. The molecule has 4 nitrogen and oxygen atoms in total. The van der Waals surface area contributed by atoms with E-state index in [0.29, 0.717) is 25.0 Å². The van der Waals surface area contributed by atoms with E-state index in [1.165, 1.54) is 0 Å². The Morgan fingerprint density at radius 1 is 1.43 bits per heavy atom. The van der Waals surface area contributed by atoms with E-state index in [1.807, 2.05) is 18.2 Å². The van der Waals surface area contributed by atoms with Crippen LogP contribution in [0.4, 0.5) is 0 Å². The van der Waals surface area contributed by atoms with Gasteiger partial charge in [-0.15, -0.1) is 0 Å². The van der Waals surface area contributed by atoms with Crippen molar-refractivity contribution >= 4 is 5.97 Å². The second kappa shape index (κ2) is 6.52. The molecule has 1 saturated carbocycles. The van der Waals surface area contributed by atoms with E-state index in [1.54, 1.807) is 0 Å². The maximum atomic E-state index is 11.8. The van der Waals surface area contributed by atoms with Crippen molar-refractivity contribution in [1.82, 2.24) is 4.90 Å². The van der Waals surface area contributed by atoms with Crippen molar-refractivity contribution in [3.05, 3.63) is 29.8 Å². The highest BCUT2D eigenvalue weighted by atomic mass is 16.5. The molecule has 23 heavy (non-hydrogen) atoms. The molecule has 1 saturated heterocycles. The summed E-state index contributed by atoms with van der Waals surface area (Å²) in [5.41, 5.74) is 0.655. The van der Waals surface area contributed by atoms with Gasteiger partial charge in [0.15, 0.2) is 0 Å². The summed E-state index contributed by atoms with van der Waals surface area (Å²) in [5.74, 6) is 1.13. The topological polar surface area (TPSA) is 49.8 Å². The van der Waals surface area contributed by atoms with Gasteiger partial charge in [-0.05, 0) is 30.7 Å². The lowest BCUT2D eigenvalue weighted by molar-refractivity contribution is -0.149. The van der Waals surface area contributed by atoms with Crippen molar-refractivity contribution in [3.8, 4) is 5.75 Å². The van der Waals surface area contributed by atoms with E-state index in [2.05, 4.69) is 24.8 Å². The predicted molar refractivity (Wildman–Crippen MR) is 89.5 cm³/mol. The molecule has 1 aliphatic carbocycles. The molecule has 126 valence electrons. The molecular weight excluding hydrogens is 290 g/mol. The number of ether oxygens (including phenoxy) is 1. The van der Waals surface area contributed by atoms with Crippen molar-refractivity contribution in [2.24, 2.45) is 17.3 Å². The van der Waals surface area contributed by atoms with Crippen molar-refractivity contribution in [3.63, 3.8) is 0 Å². The highest BCUT2D eigenvalue weighted by Crippen LogP contribution is 2.49. The minimum absolute atomic E-state index is 0.309. The Balaban J connectivity index is 1.70. The summed E-state index contributed by atoms with van der Waals surface area (Å²) in [7, 11) is 0. The van der Waals surface area contributed by atoms with Crippen LogP contribution < -0.4 is 4.74 Å². The Morgan fingerprint density at radius 3 is 2.91 bits per heavy atom. The minimum atomic E-state index is -0.605. The third-order valence-electron chi connectivity index (χ3n) is 5.31. The van der Waals surface area contributed by atoms with Gasteiger partial charge in [0.2, 0.25) is 0 Å². The molecule has 2 atom stereocenters. The maximum Gasteiger partial charge on any atom is 0.311 e. The van der Waals surface area contributed by atoms with E-state index in [0.717, 1.165) is 43.7 Å². The zero-order valence-corrected chi connectivity index (χ0v) is 14.1. The van der Waals surface area contributed by atoms with E-state index >= 15 is 0 Å². The van der Waals surface area contributed by atoms with E-state index in [9.17, 15) is 9.90 Å². The van der Waals surface area contributed by atoms with Crippen LogP contribution in [0.3, 0.4) is 0 Å². The first-order chi connectivity index (χ1) is 11.0. The lowest BCUT2D eigenvalue weighted by Crippen LogP contribution is -2.35. The quantitative estimate of drug-likeness (QED) is 0.873. The molecule has 1 aromatic rings. The Labute approximate surface area is 138 Å². The molecule has 0 amide bonds. The first kappa shape index (κ1) is 16.3. The predicted octanol–water partition coefficient (Wildman–Crippen LogP) is 3.41. The molecule has 1 aliphatic heterocycles. The van der Waals surface area contributed by atoms with Gasteiger partial charge in [0.1, 0.15) is 5.75 Å². The van der Waals surface area contributed by atoms with Crippen LogP contribution in [-0.4, -0.2) is 35.7 Å². The van der Waals surface area contributed by atoms with Crippen LogP contribution in [0.5, 0.6) is 5.75 Å². The molecule has 2 fully saturated rings. The number of carbonyl (C=O) groups is 1. The van der Waals surface area contributed by atoms with Crippen molar-refractivity contribution in [1.29, 1.82) is 0 Å². The SMILES string of the molecule is CC(C)COc1ccccc1CN1C[C@@H]2CCC[C@@]2(C(=O)O)C1. The number of likely N-dealkylation sites (tertiary alicyclic amines) is 1. The summed E-state index contributed by atoms with van der Waals surface area (Å²) in [6, 6.07) is 8.14. The van der Waals surface area contributed by atoms with Crippen LogP contribution in [0.1, 0.15) is 38.7 Å². The first-order valence-corrected chi connectivity index (χ1v) is 8.68. The number of aliphatic carboxylic acids is 1. The molecule has 1 heterocycles. The van der Waals surface area contributed by atoms with Crippen LogP contribution in [0.2, 0.25) is 0 Å². The van der Waals surface area contributed by atoms with Gasteiger partial charge in [0, 0.05) is 25.2 Å². The van der Waals surface area contributed by atoms with E-state index in [4.69, 9.17) is 4.74 Å². The summed E-state index contributed by atoms with van der Waals surface area (Å²) in [6.07, 6.45) is 2.93. The fraction of sp³-hybridized carbons (Fsp3) is 0.632. The van der Waals surface area contributed by atoms with Crippen LogP contribution in [0.25, 0.3) is 0 Å². The smallest absolute Gasteiger partial charge is 0.311 e. The number of benzene rings is 1. The fourth-order valence-electron chi connectivity index (χ4n) is 4.14. The molecule has 1 N–H and O–H groups in total. The van der Waals surface area contributed by atoms with Crippen molar-refractivity contribution in [2.45, 2.75) is 39.7 Å². The third-order valence-corrected chi connectivity index (χ3v) is 5.31. The summed E-state index contributed by atoms with van der Waals surface area (Å²) < 4.78 is 5.93. The molecule has 0 spiro atoms. The van der Waals surface area contributed by atoms with Crippen molar-refractivity contribution < 1.29 is 14.6 Å². The number of fused-ring (bicyclic) bond motifs is 1. The summed E-state index contributed by atoms with van der Waals surface area (Å²) in [4.78, 5) is 14.1. The highest BCUT2D eigenvalue weighted by Gasteiger charge is 2.54. The average molecular weight is 317 g/mol. The molecular formula is C19H27NO3. The molecule has 3 rings (SSSR count). The Bertz CT molecular complexity index is 571. The number of carboxylic acids is 1. The summed E-state index contributed by atoms with van der Waals surface area (Å²) in [5, 5.41) is 9.71. The number of hydrogen-bond donors (Lipinski definition) is 1. The number of hydrogen-bond acceptors (Lipinski definition) is 3. The van der Waals surface area contributed by atoms with Crippen LogP contribution in [0, 0.1) is 17.3 Å². The largest absolute Gasteiger partial charge is 0.493 e. The van der Waals surface area contributed by atoms with E-state index < -0.39 is 11.4 Å². The van der Waals surface area contributed by atoms with Gasteiger partial charge < -0.3 is 9.84 Å². The summed E-state index contributed by atoms with van der Waals surface area (Å²) in [6.45, 7) is 7.33. The lowest BCUT2D eigenvalue weighted by atomic mass is 9.81. The Kier molecular flexibility index (Phi) is 4.62. The Morgan fingerprint density at radius 2 is 2.22 bits per heavy atom. The molecule has 0 bridgehead atoms. The fourth-order valence-corrected chi connectivity index (χ4v) is 4.14. The van der Waals surface area contributed by atoms with Gasteiger partial charge in [-0.1, -0.05) is 38.5 Å². The zero-order valence-electron chi connectivity index (χ0n) is 14.1. The minimum Gasteiger partial charge on any atom is -0.493 e. The first-order valence-electron chi connectivity index (χ1n) is 8.68. The number of nitrogens with zero attached hydrogens (tertiary/aromatic N) is 1. The molecule has 4 heteroatoms. The molecule has 1 aromatic carbocycles. The number of rotatable bonds is 6. The lowest BCUT2D eigenvalue weighted by Gasteiger charge is -2.24. The zero-order chi connectivity index (χ0) is 16.4. The van der Waals surface area contributed by atoms with Crippen LogP contribution >= 0.6 is 0 Å². The number of para-hydroxylation sites is 1. The Hall–Kier alpha value is -1.55. The maximum absolute atomic E-state index is 11.8. The molecule has 0 aromatic heterocycles. The second-order valence-corrected chi connectivity index (χ2v) is 7.53. The normalized spacial score (nSPS) is 27.3. The molecule has 0 unspecified atom stereocenters. The van der Waals surface area contributed by atoms with Crippen LogP contribution in [-0.2, 0) is 11.3 Å². The van der Waals surface area contributed by atoms with Gasteiger partial charge in [-0.2, -0.15) is 0 Å². The number of carboxylic acid groups (broad SMARTS) is 1. The second-order valence-electron chi connectivity index (χ2n) is 7.53. The highest BCUT2D eigenvalue weighted by molar-refractivity contribution is 5.76. The average Bonchev–Trinajstić information content (AvgIpc) is 3.04. The summed E-state index contributed by atoms with van der Waals surface area (Å²) >= 11 is 0. The third kappa shape index (κ3) is 3.23. The van der Waals surface area contributed by atoms with Gasteiger partial charge in [-0.3, -0.25) is 9.69 Å².